The number of hydrogen-bond donors (Lipinski definition) is 0. The normalized spacial score (nSPS) is 12.5. The van der Waals surface area contributed by atoms with Crippen LogP contribution in [0.5, 0.6) is 0 Å². The summed E-state index contributed by atoms with van der Waals surface area (Å²) >= 11 is 0. The maximum Gasteiger partial charge on any atom is 0.404 e. The van der Waals surface area contributed by atoms with Gasteiger partial charge in [0.2, 0.25) is 0 Å². The molecule has 0 aromatic heterocycles. The molecule has 0 radical (unpaired) electrons. The highest BCUT2D eigenvalue weighted by Gasteiger charge is 2.55. The first-order chi connectivity index (χ1) is 61.3. The standard InChI is InChI=1S/5C13H10.C9H15F3O3.2C9H18O3.C7H14O2.C6H9F3O2.3C2H6/c5*1-3-7-12-10(5-1)9-11-6-2-4-8-13(11)12;1-6(5-14-4)15-7(13)8(2,3)9(10,11)12;2*1-7(6-11-5)12-8(10)9(2,3)4;1-5-9-6(8)7(2,3)4;1-5(2,4(10)11-3)6(7,8)9;3*1-2/h5*1-8H,9H2;6H,5H2,1-4H3;2*7H,6H2,1-5H3;5H2,1-4H3;1-3H3;3*1-2H3. The fourth-order valence-electron chi connectivity index (χ4n) is 13.1. The Labute approximate surface area is 771 Å². The van der Waals surface area contributed by atoms with Crippen LogP contribution >= 0.6 is 0 Å². The van der Waals surface area contributed by atoms with Gasteiger partial charge in [-0.2, -0.15) is 26.3 Å². The van der Waals surface area contributed by atoms with Crippen molar-refractivity contribution < 1.29 is 88.2 Å². The Bertz CT molecular complexity index is 4330. The number of esters is 5. The number of methoxy groups -OCH3 is 4. The van der Waals surface area contributed by atoms with E-state index < -0.39 is 52.1 Å². The molecule has 3 atom stereocenters. The average Bonchev–Trinajstić information content (AvgIpc) is 1.74. The van der Waals surface area contributed by atoms with Gasteiger partial charge in [-0.05, 0) is 261 Å². The molecule has 10 aromatic rings. The first kappa shape index (κ1) is 113. The number of carbonyl (C=O) groups excluding carboxylic acids is 5. The lowest BCUT2D eigenvalue weighted by Crippen LogP contribution is -2.42. The van der Waals surface area contributed by atoms with Crippen LogP contribution in [0.3, 0.4) is 0 Å². The SMILES string of the molecule is CC.CC.CC.CCOC(=O)C(C)(C)C.COC(=O)C(C)(C)C(F)(F)F.COCC(C)OC(=O)C(C)(C)C.COCC(C)OC(=O)C(C)(C)C.COCC(C)OC(=O)C(C)(C)C(F)(F)F.c1ccc2c(c1)Cc1ccccc1-2.c1ccc2c(c1)Cc1ccccc1-2.c1ccc2c(c1)Cc1ccccc1-2.c1ccc2c(c1)Cc1ccccc1-2.c1ccc2c(c1)Cc1ccccc1-2. The second-order valence-electron chi connectivity index (χ2n) is 34.7. The molecular formula is C111H142F6O13. The van der Waals surface area contributed by atoms with E-state index in [1.165, 1.54) is 125 Å². The van der Waals surface area contributed by atoms with Crippen LogP contribution in [0.1, 0.15) is 215 Å². The molecule has 0 saturated carbocycles. The predicted octanol–water partition coefficient (Wildman–Crippen LogP) is 28.1. The smallest absolute Gasteiger partial charge is 0.404 e. The monoisotopic (exact) mass is 1800 g/mol. The van der Waals surface area contributed by atoms with Gasteiger partial charge < -0.3 is 37.9 Å². The fraction of sp³-hybridized carbons (Fsp3) is 0.414. The molecule has 15 rings (SSSR count). The van der Waals surface area contributed by atoms with Crippen LogP contribution in [0.15, 0.2) is 243 Å². The average molecular weight is 1800 g/mol. The molecule has 0 spiro atoms. The second-order valence-corrected chi connectivity index (χ2v) is 34.7. The van der Waals surface area contributed by atoms with E-state index in [0.29, 0.717) is 19.8 Å². The first-order valence-corrected chi connectivity index (χ1v) is 44.6. The summed E-state index contributed by atoms with van der Waals surface area (Å²) in [6.45, 7) is 39.9. The molecule has 130 heavy (non-hydrogen) atoms. The zero-order valence-corrected chi connectivity index (χ0v) is 81.8. The molecule has 706 valence electrons. The van der Waals surface area contributed by atoms with Crippen LogP contribution in [0.4, 0.5) is 26.3 Å². The third kappa shape index (κ3) is 34.7. The van der Waals surface area contributed by atoms with Crippen molar-refractivity contribution in [3.05, 3.63) is 298 Å². The Morgan fingerprint density at radius 2 is 0.415 bits per heavy atom. The van der Waals surface area contributed by atoms with Crippen molar-refractivity contribution in [2.24, 2.45) is 27.1 Å². The molecule has 0 N–H and O–H groups in total. The lowest BCUT2D eigenvalue weighted by Gasteiger charge is -2.26. The van der Waals surface area contributed by atoms with Crippen LogP contribution in [-0.2, 0) is 94.0 Å². The van der Waals surface area contributed by atoms with Gasteiger partial charge in [0.25, 0.3) is 0 Å². The van der Waals surface area contributed by atoms with Gasteiger partial charge in [0, 0.05) is 21.3 Å². The maximum absolute atomic E-state index is 12.4. The number of fused-ring (bicyclic) bond motifs is 15. The molecule has 0 fully saturated rings. The molecule has 3 unspecified atom stereocenters. The molecule has 0 aliphatic heterocycles. The quantitative estimate of drug-likeness (QED) is 0.0647. The highest BCUT2D eigenvalue weighted by molar-refractivity contribution is 5.82. The minimum atomic E-state index is -4.61. The Kier molecular flexibility index (Phi) is 47.5. The van der Waals surface area contributed by atoms with Crippen molar-refractivity contribution in [2.75, 3.05) is 54.9 Å². The molecule has 0 amide bonds. The summed E-state index contributed by atoms with van der Waals surface area (Å²) < 4.78 is 111. The van der Waals surface area contributed by atoms with Crippen molar-refractivity contribution in [2.45, 2.75) is 222 Å². The topological polar surface area (TPSA) is 159 Å². The second kappa shape index (κ2) is 54.6. The number of hydrogen-bond acceptors (Lipinski definition) is 13. The summed E-state index contributed by atoms with van der Waals surface area (Å²) in [6.07, 6.45) is -4.67. The van der Waals surface area contributed by atoms with E-state index in [0.717, 1.165) is 66.9 Å². The van der Waals surface area contributed by atoms with E-state index in [-0.39, 0.29) is 42.1 Å². The van der Waals surface area contributed by atoms with E-state index in [1.54, 1.807) is 14.2 Å². The number of rotatable bonds is 12. The molecule has 10 aromatic carbocycles. The van der Waals surface area contributed by atoms with E-state index in [4.69, 9.17) is 23.7 Å². The molecule has 0 bridgehead atoms. The molecule has 13 nitrogen and oxygen atoms in total. The molecular weight excluding hydrogens is 1660 g/mol. The molecule has 19 heteroatoms. The van der Waals surface area contributed by atoms with Crippen LogP contribution in [0, 0.1) is 27.1 Å². The van der Waals surface area contributed by atoms with Crippen molar-refractivity contribution in [3.63, 3.8) is 0 Å². The first-order valence-electron chi connectivity index (χ1n) is 44.6. The van der Waals surface area contributed by atoms with Gasteiger partial charge in [0.15, 0.2) is 10.8 Å². The van der Waals surface area contributed by atoms with Crippen LogP contribution < -0.4 is 0 Å². The van der Waals surface area contributed by atoms with Gasteiger partial charge in [-0.3, -0.25) is 24.0 Å². The highest BCUT2D eigenvalue weighted by Crippen LogP contribution is 2.43. The summed E-state index contributed by atoms with van der Waals surface area (Å²) in [5.74, 6) is -3.08. The summed E-state index contributed by atoms with van der Waals surface area (Å²) in [5.41, 5.74) is 22.7. The van der Waals surface area contributed by atoms with Gasteiger partial charge in [0.05, 0.1) is 49.8 Å². The van der Waals surface area contributed by atoms with E-state index in [2.05, 4.69) is 257 Å². The number of halogens is 6. The highest BCUT2D eigenvalue weighted by atomic mass is 19.4. The lowest BCUT2D eigenvalue weighted by atomic mass is 9.93. The summed E-state index contributed by atoms with van der Waals surface area (Å²) in [7, 11) is 5.47. The Morgan fingerprint density at radius 1 is 0.262 bits per heavy atom. The Balaban J connectivity index is 0.000000371. The van der Waals surface area contributed by atoms with Gasteiger partial charge in [-0.15, -0.1) is 0 Å². The van der Waals surface area contributed by atoms with Gasteiger partial charge >= 0.3 is 42.2 Å². The van der Waals surface area contributed by atoms with E-state index >= 15 is 0 Å². The van der Waals surface area contributed by atoms with Crippen LogP contribution in [-0.4, -0.2) is 115 Å². The van der Waals surface area contributed by atoms with E-state index in [1.807, 2.05) is 125 Å². The van der Waals surface area contributed by atoms with Crippen molar-refractivity contribution in [1.82, 2.24) is 0 Å². The molecule has 0 saturated heterocycles. The Hall–Kier alpha value is -11.0. The fourth-order valence-corrected chi connectivity index (χ4v) is 13.1. The molecule has 5 aliphatic rings. The summed E-state index contributed by atoms with van der Waals surface area (Å²) in [6, 6.07) is 86.5. The van der Waals surface area contributed by atoms with Crippen LogP contribution in [0.2, 0.25) is 0 Å². The van der Waals surface area contributed by atoms with Gasteiger partial charge in [-0.1, -0.05) is 284 Å². The zero-order valence-electron chi connectivity index (χ0n) is 81.8. The maximum atomic E-state index is 12.4. The predicted molar refractivity (Wildman–Crippen MR) is 516 cm³/mol. The minimum absolute atomic E-state index is 0.0691. The number of carbonyl (C=O) groups is 5. The zero-order chi connectivity index (χ0) is 98.0. The number of ether oxygens (including phenoxy) is 8. The summed E-state index contributed by atoms with van der Waals surface area (Å²) in [5, 5.41) is 0. The molecule has 0 heterocycles. The van der Waals surface area contributed by atoms with Gasteiger partial charge in [-0.25, -0.2) is 0 Å². The van der Waals surface area contributed by atoms with Gasteiger partial charge in [0.1, 0.15) is 18.3 Å². The van der Waals surface area contributed by atoms with Crippen molar-refractivity contribution >= 4 is 29.8 Å². The van der Waals surface area contributed by atoms with E-state index in [9.17, 15) is 50.3 Å². The third-order valence-electron chi connectivity index (χ3n) is 20.4. The lowest BCUT2D eigenvalue weighted by molar-refractivity contribution is -0.228. The van der Waals surface area contributed by atoms with Crippen molar-refractivity contribution in [3.8, 4) is 55.6 Å². The van der Waals surface area contributed by atoms with Crippen LogP contribution in [0.25, 0.3) is 55.6 Å². The van der Waals surface area contributed by atoms with Crippen molar-refractivity contribution in [1.29, 1.82) is 0 Å². The number of alkyl halides is 6. The minimum Gasteiger partial charge on any atom is -0.468 e. The molecule has 5 aliphatic carbocycles. The summed E-state index contributed by atoms with van der Waals surface area (Å²) in [4.78, 5) is 55.1. The third-order valence-corrected chi connectivity index (χ3v) is 20.4. The number of benzene rings is 10. The Morgan fingerprint density at radius 3 is 0.538 bits per heavy atom. The largest absolute Gasteiger partial charge is 0.468 e.